The third-order valence-corrected chi connectivity index (χ3v) is 5.02. The Morgan fingerprint density at radius 3 is 3.05 bits per heavy atom. The fourth-order valence-electron chi connectivity index (χ4n) is 2.42. The molecule has 3 aromatic rings. The Balaban J connectivity index is 1.49. The molecule has 0 radical (unpaired) electrons. The van der Waals surface area contributed by atoms with Crippen molar-refractivity contribution in [3.05, 3.63) is 40.5 Å². The van der Waals surface area contributed by atoms with Crippen molar-refractivity contribution >= 4 is 44.9 Å². The van der Waals surface area contributed by atoms with E-state index in [1.54, 1.807) is 0 Å². The molecule has 0 aliphatic heterocycles. The Morgan fingerprint density at radius 2 is 2.23 bits per heavy atom. The summed E-state index contributed by atoms with van der Waals surface area (Å²) in [5.74, 6) is 0.439. The quantitative estimate of drug-likeness (QED) is 0.793. The molecule has 0 unspecified atom stereocenters. The van der Waals surface area contributed by atoms with Crippen LogP contribution in [-0.4, -0.2) is 20.7 Å². The summed E-state index contributed by atoms with van der Waals surface area (Å²) in [6.45, 7) is 0.224. The number of rotatable bonds is 4. The third-order valence-electron chi connectivity index (χ3n) is 3.69. The molecule has 0 bridgehead atoms. The van der Waals surface area contributed by atoms with Crippen LogP contribution in [0.1, 0.15) is 23.8 Å². The molecule has 1 N–H and O–H groups in total. The summed E-state index contributed by atoms with van der Waals surface area (Å²) in [6, 6.07) is 7.59. The molecule has 5 nitrogen and oxygen atoms in total. The molecule has 1 aromatic carbocycles. The highest BCUT2D eigenvalue weighted by Crippen LogP contribution is 2.42. The number of anilines is 1. The van der Waals surface area contributed by atoms with Crippen LogP contribution >= 0.6 is 22.9 Å². The molecule has 1 fully saturated rings. The number of benzene rings is 1. The first-order valence-electron chi connectivity index (χ1n) is 7.07. The summed E-state index contributed by atoms with van der Waals surface area (Å²) in [4.78, 5) is 12.2. The van der Waals surface area contributed by atoms with Gasteiger partial charge in [0, 0.05) is 28.0 Å². The van der Waals surface area contributed by atoms with Crippen molar-refractivity contribution in [2.24, 2.45) is 0 Å². The third kappa shape index (κ3) is 2.60. The van der Waals surface area contributed by atoms with Gasteiger partial charge in [0.1, 0.15) is 11.6 Å². The van der Waals surface area contributed by atoms with Gasteiger partial charge < -0.3 is 4.57 Å². The van der Waals surface area contributed by atoms with Gasteiger partial charge in [-0.15, -0.1) is 10.2 Å². The van der Waals surface area contributed by atoms with E-state index in [0.29, 0.717) is 16.1 Å². The van der Waals surface area contributed by atoms with Crippen LogP contribution < -0.4 is 5.32 Å². The van der Waals surface area contributed by atoms with Crippen molar-refractivity contribution in [3.63, 3.8) is 0 Å². The average Bonchev–Trinajstić information content (AvgIpc) is 3.12. The van der Waals surface area contributed by atoms with E-state index < -0.39 is 0 Å². The zero-order chi connectivity index (χ0) is 15.1. The van der Waals surface area contributed by atoms with Crippen LogP contribution in [0.15, 0.2) is 30.5 Å². The lowest BCUT2D eigenvalue weighted by Crippen LogP contribution is -2.18. The predicted molar refractivity (Wildman–Crippen MR) is 87.5 cm³/mol. The van der Waals surface area contributed by atoms with Crippen molar-refractivity contribution in [2.45, 2.75) is 25.3 Å². The van der Waals surface area contributed by atoms with Crippen molar-refractivity contribution in [2.75, 3.05) is 5.32 Å². The Labute approximate surface area is 135 Å². The molecule has 2 heterocycles. The number of amides is 1. The second-order valence-corrected chi connectivity index (χ2v) is 6.80. The highest BCUT2D eigenvalue weighted by Gasteiger charge is 2.27. The van der Waals surface area contributed by atoms with E-state index in [0.717, 1.165) is 15.9 Å². The van der Waals surface area contributed by atoms with E-state index in [1.807, 2.05) is 35.0 Å². The Kier molecular flexibility index (Phi) is 3.35. The topological polar surface area (TPSA) is 59.8 Å². The van der Waals surface area contributed by atoms with Crippen LogP contribution in [0, 0.1) is 0 Å². The highest BCUT2D eigenvalue weighted by atomic mass is 35.5. The summed E-state index contributed by atoms with van der Waals surface area (Å²) < 4.78 is 1.87. The number of fused-ring (bicyclic) bond motifs is 1. The van der Waals surface area contributed by atoms with Gasteiger partial charge in [-0.25, -0.2) is 0 Å². The molecule has 4 rings (SSSR count). The lowest BCUT2D eigenvalue weighted by molar-refractivity contribution is -0.116. The van der Waals surface area contributed by atoms with Gasteiger partial charge in [-0.3, -0.25) is 10.1 Å². The molecule has 7 heteroatoms. The summed E-state index contributed by atoms with van der Waals surface area (Å²) in [7, 11) is 0. The lowest BCUT2D eigenvalue weighted by atomic mass is 10.2. The fraction of sp³-hybridized carbons (Fsp3) is 0.267. The minimum absolute atomic E-state index is 0.115. The molecule has 0 atom stereocenters. The normalized spacial score (nSPS) is 14.4. The molecule has 112 valence electrons. The first-order chi connectivity index (χ1) is 10.7. The zero-order valence-electron chi connectivity index (χ0n) is 11.6. The molecular formula is C15H13ClN4OS. The number of nitrogens with one attached hydrogen (secondary N) is 1. The predicted octanol–water partition coefficient (Wildman–Crippen LogP) is 3.66. The molecule has 1 saturated carbocycles. The van der Waals surface area contributed by atoms with Crippen LogP contribution in [0.4, 0.5) is 5.13 Å². The maximum absolute atomic E-state index is 12.2. The minimum Gasteiger partial charge on any atom is -0.338 e. The van der Waals surface area contributed by atoms with Crippen LogP contribution in [0.2, 0.25) is 5.02 Å². The SMILES string of the molecule is O=C(Cn1ccc2c(Cl)cccc21)Nc1nnc(C2CC2)s1. The first-order valence-corrected chi connectivity index (χ1v) is 8.27. The summed E-state index contributed by atoms with van der Waals surface area (Å²) in [5.41, 5.74) is 0.943. The standard InChI is InChI=1S/C15H13ClN4OS/c16-11-2-1-3-12-10(11)6-7-20(12)8-13(21)17-15-19-18-14(22-15)9-4-5-9/h1-3,6-7,9H,4-5,8H2,(H,17,19,21). The lowest BCUT2D eigenvalue weighted by Gasteiger charge is -2.05. The second-order valence-electron chi connectivity index (χ2n) is 5.38. The van der Waals surface area contributed by atoms with E-state index in [4.69, 9.17) is 11.6 Å². The Bertz CT molecular complexity index is 852. The molecule has 2 aromatic heterocycles. The number of aromatic nitrogens is 3. The van der Waals surface area contributed by atoms with Crippen molar-refractivity contribution in [3.8, 4) is 0 Å². The van der Waals surface area contributed by atoms with Gasteiger partial charge in [0.15, 0.2) is 0 Å². The van der Waals surface area contributed by atoms with E-state index in [9.17, 15) is 4.79 Å². The van der Waals surface area contributed by atoms with Crippen molar-refractivity contribution in [1.82, 2.24) is 14.8 Å². The van der Waals surface area contributed by atoms with Gasteiger partial charge in [-0.2, -0.15) is 0 Å². The first kappa shape index (κ1) is 13.7. The monoisotopic (exact) mass is 332 g/mol. The van der Waals surface area contributed by atoms with Crippen LogP contribution in [0.25, 0.3) is 10.9 Å². The molecule has 22 heavy (non-hydrogen) atoms. The average molecular weight is 333 g/mol. The smallest absolute Gasteiger partial charge is 0.246 e. The van der Waals surface area contributed by atoms with Crippen LogP contribution in [0.5, 0.6) is 0 Å². The van der Waals surface area contributed by atoms with Crippen molar-refractivity contribution < 1.29 is 4.79 Å². The molecule has 0 saturated heterocycles. The van der Waals surface area contributed by atoms with E-state index in [2.05, 4.69) is 15.5 Å². The van der Waals surface area contributed by atoms with Gasteiger partial charge in [0.05, 0.1) is 0 Å². The van der Waals surface area contributed by atoms with Crippen LogP contribution in [-0.2, 0) is 11.3 Å². The Morgan fingerprint density at radius 1 is 1.36 bits per heavy atom. The zero-order valence-corrected chi connectivity index (χ0v) is 13.2. The summed E-state index contributed by atoms with van der Waals surface area (Å²) >= 11 is 7.61. The van der Waals surface area contributed by atoms with Crippen LogP contribution in [0.3, 0.4) is 0 Å². The number of halogens is 1. The van der Waals surface area contributed by atoms with Gasteiger partial charge >= 0.3 is 0 Å². The summed E-state index contributed by atoms with van der Waals surface area (Å²) in [5, 5.41) is 14.2. The molecule has 1 aliphatic rings. The number of hydrogen-bond donors (Lipinski definition) is 1. The maximum Gasteiger partial charge on any atom is 0.246 e. The number of carbonyl (C=O) groups excluding carboxylic acids is 1. The number of hydrogen-bond acceptors (Lipinski definition) is 4. The number of nitrogens with zero attached hydrogens (tertiary/aromatic N) is 3. The van der Waals surface area contributed by atoms with E-state index in [-0.39, 0.29) is 12.5 Å². The van der Waals surface area contributed by atoms with Gasteiger partial charge in [0.25, 0.3) is 0 Å². The Hall–Kier alpha value is -1.92. The number of carbonyl (C=O) groups is 1. The van der Waals surface area contributed by atoms with Gasteiger partial charge in [-0.1, -0.05) is 29.0 Å². The van der Waals surface area contributed by atoms with E-state index in [1.165, 1.54) is 24.2 Å². The maximum atomic E-state index is 12.2. The molecule has 0 spiro atoms. The molecular weight excluding hydrogens is 320 g/mol. The highest BCUT2D eigenvalue weighted by molar-refractivity contribution is 7.15. The second kappa shape index (κ2) is 5.37. The fourth-order valence-corrected chi connectivity index (χ4v) is 3.58. The largest absolute Gasteiger partial charge is 0.338 e. The molecule has 1 aliphatic carbocycles. The van der Waals surface area contributed by atoms with Crippen molar-refractivity contribution in [1.29, 1.82) is 0 Å². The summed E-state index contributed by atoms with van der Waals surface area (Å²) in [6.07, 6.45) is 4.23. The van der Waals surface area contributed by atoms with Gasteiger partial charge in [-0.05, 0) is 31.0 Å². The minimum atomic E-state index is -0.115. The van der Waals surface area contributed by atoms with E-state index >= 15 is 0 Å². The van der Waals surface area contributed by atoms with Gasteiger partial charge in [0.2, 0.25) is 11.0 Å². The molecule has 1 amide bonds.